The quantitative estimate of drug-likeness (QED) is 0.852. The summed E-state index contributed by atoms with van der Waals surface area (Å²) in [6.45, 7) is 1.54. The number of amides is 1. The topological polar surface area (TPSA) is 46.6 Å². The largest absolute Gasteiger partial charge is 0.493 e. The number of nitrogens with zero attached hydrogens (tertiary/aromatic N) is 1. The lowest BCUT2D eigenvalue weighted by atomic mass is 10.1. The summed E-state index contributed by atoms with van der Waals surface area (Å²) in [7, 11) is 0. The zero-order chi connectivity index (χ0) is 14.7. The number of ether oxygens (including phenoxy) is 1. The summed E-state index contributed by atoms with van der Waals surface area (Å²) < 4.78 is 5.70. The third-order valence-corrected chi connectivity index (χ3v) is 4.33. The molecule has 0 bridgehead atoms. The van der Waals surface area contributed by atoms with E-state index in [0.717, 1.165) is 12.2 Å². The van der Waals surface area contributed by atoms with E-state index < -0.39 is 0 Å². The van der Waals surface area contributed by atoms with Crippen molar-refractivity contribution in [2.24, 2.45) is 0 Å². The second kappa shape index (κ2) is 6.29. The highest BCUT2D eigenvalue weighted by Gasteiger charge is 2.20. The molecule has 1 aromatic carbocycles. The van der Waals surface area contributed by atoms with Crippen molar-refractivity contribution in [1.29, 1.82) is 0 Å². The highest BCUT2D eigenvalue weighted by Crippen LogP contribution is 2.26. The molecule has 1 aliphatic carbocycles. The third-order valence-electron chi connectivity index (χ3n) is 4.33. The Morgan fingerprint density at radius 1 is 1.10 bits per heavy atom. The molecule has 1 saturated heterocycles. The molecule has 4 heteroatoms. The van der Waals surface area contributed by atoms with E-state index >= 15 is 0 Å². The van der Waals surface area contributed by atoms with Crippen LogP contribution in [0.4, 0.5) is 0 Å². The fourth-order valence-corrected chi connectivity index (χ4v) is 3.06. The first-order valence-electron chi connectivity index (χ1n) is 7.76. The van der Waals surface area contributed by atoms with Crippen LogP contribution in [0.5, 0.6) is 5.75 Å². The number of fused-ring (bicyclic) bond motifs is 1. The van der Waals surface area contributed by atoms with Crippen LogP contribution in [0.1, 0.15) is 36.8 Å². The van der Waals surface area contributed by atoms with Crippen molar-refractivity contribution in [3.8, 4) is 5.75 Å². The van der Waals surface area contributed by atoms with Crippen molar-refractivity contribution in [1.82, 2.24) is 4.90 Å². The molecule has 4 nitrogen and oxygen atoms in total. The SMILES string of the molecule is O=C1CCN(C(=O)CCOc2ccc3c(c2)CCC3)CC1. The fourth-order valence-electron chi connectivity index (χ4n) is 3.06. The van der Waals surface area contributed by atoms with Gasteiger partial charge in [0, 0.05) is 25.9 Å². The maximum atomic E-state index is 12.0. The Balaban J connectivity index is 1.45. The van der Waals surface area contributed by atoms with Gasteiger partial charge in [0.2, 0.25) is 5.91 Å². The van der Waals surface area contributed by atoms with Crippen molar-refractivity contribution >= 4 is 11.7 Å². The number of rotatable bonds is 4. The van der Waals surface area contributed by atoms with Gasteiger partial charge in [0.1, 0.15) is 11.5 Å². The normalized spacial score (nSPS) is 17.7. The van der Waals surface area contributed by atoms with Gasteiger partial charge in [0.15, 0.2) is 0 Å². The Morgan fingerprint density at radius 2 is 1.86 bits per heavy atom. The maximum absolute atomic E-state index is 12.0. The third kappa shape index (κ3) is 3.43. The van der Waals surface area contributed by atoms with Crippen molar-refractivity contribution in [3.63, 3.8) is 0 Å². The van der Waals surface area contributed by atoms with E-state index in [-0.39, 0.29) is 11.7 Å². The Labute approximate surface area is 125 Å². The molecule has 112 valence electrons. The van der Waals surface area contributed by atoms with Crippen LogP contribution in [0.25, 0.3) is 0 Å². The van der Waals surface area contributed by atoms with E-state index in [1.54, 1.807) is 4.90 Å². The van der Waals surface area contributed by atoms with Crippen molar-refractivity contribution in [2.45, 2.75) is 38.5 Å². The first-order valence-corrected chi connectivity index (χ1v) is 7.76. The lowest BCUT2D eigenvalue weighted by molar-refractivity contribution is -0.134. The Bertz CT molecular complexity index is 543. The van der Waals surface area contributed by atoms with E-state index in [9.17, 15) is 9.59 Å². The minimum Gasteiger partial charge on any atom is -0.493 e. The number of carbonyl (C=O) groups excluding carboxylic acids is 2. The highest BCUT2D eigenvalue weighted by atomic mass is 16.5. The van der Waals surface area contributed by atoms with Gasteiger partial charge >= 0.3 is 0 Å². The Morgan fingerprint density at radius 3 is 2.67 bits per heavy atom. The minimum absolute atomic E-state index is 0.0867. The number of aryl methyl sites for hydroxylation is 2. The molecule has 1 heterocycles. The van der Waals surface area contributed by atoms with Crippen LogP contribution in [0, 0.1) is 0 Å². The molecule has 0 N–H and O–H groups in total. The van der Waals surface area contributed by atoms with E-state index in [4.69, 9.17) is 4.74 Å². The lowest BCUT2D eigenvalue weighted by Crippen LogP contribution is -2.39. The van der Waals surface area contributed by atoms with Crippen LogP contribution >= 0.6 is 0 Å². The molecule has 21 heavy (non-hydrogen) atoms. The predicted molar refractivity (Wildman–Crippen MR) is 79.4 cm³/mol. The highest BCUT2D eigenvalue weighted by molar-refractivity contribution is 5.83. The summed E-state index contributed by atoms with van der Waals surface area (Å²) >= 11 is 0. The van der Waals surface area contributed by atoms with Gasteiger partial charge in [0.05, 0.1) is 13.0 Å². The van der Waals surface area contributed by atoms with Gasteiger partial charge in [0.25, 0.3) is 0 Å². The molecule has 0 saturated carbocycles. The molecule has 2 aliphatic rings. The molecular formula is C17H21NO3. The number of hydrogen-bond donors (Lipinski definition) is 0. The Kier molecular flexibility index (Phi) is 4.23. The van der Waals surface area contributed by atoms with Gasteiger partial charge in [-0.15, -0.1) is 0 Å². The van der Waals surface area contributed by atoms with E-state index in [0.29, 0.717) is 39.0 Å². The lowest BCUT2D eigenvalue weighted by Gasteiger charge is -2.26. The first-order chi connectivity index (χ1) is 10.2. The molecule has 0 radical (unpaired) electrons. The monoisotopic (exact) mass is 287 g/mol. The van der Waals surface area contributed by atoms with Crippen LogP contribution in [-0.4, -0.2) is 36.3 Å². The van der Waals surface area contributed by atoms with E-state index in [2.05, 4.69) is 12.1 Å². The summed E-state index contributed by atoms with van der Waals surface area (Å²) in [5, 5.41) is 0. The number of likely N-dealkylation sites (tertiary alicyclic amines) is 1. The smallest absolute Gasteiger partial charge is 0.226 e. The molecule has 0 unspecified atom stereocenters. The van der Waals surface area contributed by atoms with Crippen molar-refractivity contribution in [3.05, 3.63) is 29.3 Å². The number of ketones is 1. The first kappa shape index (κ1) is 14.1. The molecule has 1 fully saturated rings. The number of Topliss-reactive ketones (excluding diaryl/α,β-unsaturated/α-hetero) is 1. The van der Waals surface area contributed by atoms with Gasteiger partial charge in [-0.2, -0.15) is 0 Å². The van der Waals surface area contributed by atoms with Gasteiger partial charge in [-0.3, -0.25) is 9.59 Å². The van der Waals surface area contributed by atoms with Gasteiger partial charge in [-0.05, 0) is 42.5 Å². The second-order valence-electron chi connectivity index (χ2n) is 5.80. The molecule has 0 aromatic heterocycles. The van der Waals surface area contributed by atoms with E-state index in [1.807, 2.05) is 6.07 Å². The van der Waals surface area contributed by atoms with Crippen LogP contribution in [0.15, 0.2) is 18.2 Å². The second-order valence-corrected chi connectivity index (χ2v) is 5.80. The molecule has 1 amide bonds. The molecule has 3 rings (SSSR count). The summed E-state index contributed by atoms with van der Waals surface area (Å²) in [5.74, 6) is 1.20. The van der Waals surface area contributed by atoms with Crippen LogP contribution in [0.2, 0.25) is 0 Å². The number of piperidine rings is 1. The summed E-state index contributed by atoms with van der Waals surface area (Å²) in [5.41, 5.74) is 2.81. The summed E-state index contributed by atoms with van der Waals surface area (Å²) in [6, 6.07) is 6.23. The Hall–Kier alpha value is -1.84. The standard InChI is InChI=1S/C17H21NO3/c19-15-6-9-18(10-7-15)17(20)8-11-21-16-5-4-13-2-1-3-14(13)12-16/h4-5,12H,1-3,6-11H2. The minimum atomic E-state index is 0.0867. The van der Waals surface area contributed by atoms with Crippen molar-refractivity contribution < 1.29 is 14.3 Å². The zero-order valence-corrected chi connectivity index (χ0v) is 12.3. The fraction of sp³-hybridized carbons (Fsp3) is 0.529. The zero-order valence-electron chi connectivity index (χ0n) is 12.3. The van der Waals surface area contributed by atoms with Crippen LogP contribution in [0.3, 0.4) is 0 Å². The number of hydrogen-bond acceptors (Lipinski definition) is 3. The van der Waals surface area contributed by atoms with Gasteiger partial charge in [-0.25, -0.2) is 0 Å². The van der Waals surface area contributed by atoms with E-state index in [1.165, 1.54) is 24.0 Å². The number of carbonyl (C=O) groups is 2. The summed E-state index contributed by atoms with van der Waals surface area (Å²) in [6.07, 6.45) is 4.90. The molecule has 0 atom stereocenters. The molecule has 1 aromatic rings. The molecule has 0 spiro atoms. The van der Waals surface area contributed by atoms with Gasteiger partial charge < -0.3 is 9.64 Å². The molecule has 1 aliphatic heterocycles. The van der Waals surface area contributed by atoms with Crippen molar-refractivity contribution in [2.75, 3.05) is 19.7 Å². The summed E-state index contributed by atoms with van der Waals surface area (Å²) in [4.78, 5) is 24.9. The van der Waals surface area contributed by atoms with Gasteiger partial charge in [-0.1, -0.05) is 6.07 Å². The molecular weight excluding hydrogens is 266 g/mol. The maximum Gasteiger partial charge on any atom is 0.226 e. The average Bonchev–Trinajstić information content (AvgIpc) is 2.95. The number of benzene rings is 1. The average molecular weight is 287 g/mol. The predicted octanol–water partition coefficient (Wildman–Crippen LogP) is 2.14. The van der Waals surface area contributed by atoms with Crippen LogP contribution in [-0.2, 0) is 22.4 Å². The van der Waals surface area contributed by atoms with Crippen LogP contribution < -0.4 is 4.74 Å².